The molecule has 0 spiro atoms. The Kier molecular flexibility index (Phi) is 9.68. The number of hydrogen-bond acceptors (Lipinski definition) is 9. The van der Waals surface area contributed by atoms with Crippen molar-refractivity contribution in [3.05, 3.63) is 0 Å². The molecule has 1 rings (SSSR count). The van der Waals surface area contributed by atoms with E-state index in [1.807, 2.05) is 0 Å². The normalized spacial score (nSPS) is 30.4. The van der Waals surface area contributed by atoms with Gasteiger partial charge in [0.15, 0.2) is 18.3 Å². The molecule has 1 aliphatic rings. The molecule has 1 saturated carbocycles. The first-order valence-electron chi connectivity index (χ1n) is 9.39. The predicted octanol–water partition coefficient (Wildman–Crippen LogP) is 0.218. The summed E-state index contributed by atoms with van der Waals surface area (Å²) in [6, 6.07) is 0. The second-order valence-electron chi connectivity index (χ2n) is 6.59. The SMILES string of the molecule is CCCC(=O)OC1[C@@H](OC(=O)CCC)[C@H](O)C(O)[C@@H](O)[C@H]1OC(=O)CCC. The lowest BCUT2D eigenvalue weighted by atomic mass is 9.84. The lowest BCUT2D eigenvalue weighted by Crippen LogP contribution is -2.66. The van der Waals surface area contributed by atoms with E-state index < -0.39 is 54.5 Å². The van der Waals surface area contributed by atoms with E-state index in [2.05, 4.69) is 0 Å². The Hall–Kier alpha value is -1.71. The summed E-state index contributed by atoms with van der Waals surface area (Å²) in [6.45, 7) is 5.27. The zero-order valence-electron chi connectivity index (χ0n) is 16.0. The molecule has 0 aliphatic heterocycles. The number of aliphatic hydroxyl groups is 3. The van der Waals surface area contributed by atoms with E-state index in [-0.39, 0.29) is 19.3 Å². The molecule has 3 N–H and O–H groups in total. The summed E-state index contributed by atoms with van der Waals surface area (Å²) in [5, 5.41) is 30.7. The van der Waals surface area contributed by atoms with Crippen LogP contribution in [0.2, 0.25) is 0 Å². The fourth-order valence-corrected chi connectivity index (χ4v) is 2.82. The van der Waals surface area contributed by atoms with Crippen LogP contribution >= 0.6 is 0 Å². The number of carbonyl (C=O) groups excluding carboxylic acids is 3. The molecule has 1 fully saturated rings. The third kappa shape index (κ3) is 6.44. The zero-order chi connectivity index (χ0) is 20.6. The van der Waals surface area contributed by atoms with E-state index >= 15 is 0 Å². The molecule has 0 aromatic rings. The first-order valence-corrected chi connectivity index (χ1v) is 9.39. The Morgan fingerprint density at radius 3 is 1.19 bits per heavy atom. The molecular formula is C18H30O9. The van der Waals surface area contributed by atoms with Gasteiger partial charge in [-0.25, -0.2) is 0 Å². The van der Waals surface area contributed by atoms with Gasteiger partial charge in [0, 0.05) is 19.3 Å². The molecule has 0 bridgehead atoms. The molecule has 27 heavy (non-hydrogen) atoms. The summed E-state index contributed by atoms with van der Waals surface area (Å²) in [6.07, 6.45) is -7.91. The van der Waals surface area contributed by atoms with Gasteiger partial charge in [-0.15, -0.1) is 0 Å². The number of rotatable bonds is 9. The van der Waals surface area contributed by atoms with Crippen LogP contribution in [0.25, 0.3) is 0 Å². The van der Waals surface area contributed by atoms with Crippen LogP contribution in [0.4, 0.5) is 0 Å². The minimum absolute atomic E-state index is 0.0521. The maximum atomic E-state index is 12.0. The smallest absolute Gasteiger partial charge is 0.306 e. The van der Waals surface area contributed by atoms with Crippen molar-refractivity contribution >= 4 is 17.9 Å². The van der Waals surface area contributed by atoms with Crippen LogP contribution in [0, 0.1) is 0 Å². The van der Waals surface area contributed by atoms with Crippen LogP contribution in [0.1, 0.15) is 59.3 Å². The molecule has 0 radical (unpaired) electrons. The molecule has 0 amide bonds. The topological polar surface area (TPSA) is 140 Å². The summed E-state index contributed by atoms with van der Waals surface area (Å²) in [5.74, 6) is -1.99. The molecule has 1 aliphatic carbocycles. The van der Waals surface area contributed by atoms with Crippen molar-refractivity contribution in [2.24, 2.45) is 0 Å². The molecule has 0 aromatic carbocycles. The van der Waals surface area contributed by atoms with E-state index in [9.17, 15) is 29.7 Å². The molecule has 9 nitrogen and oxygen atoms in total. The standard InChI is InChI=1S/C18H30O9/c1-4-7-10(19)25-16-14(23)13(22)15(24)17(26-11(20)8-5-2)18(16)27-12(21)9-6-3/h13-18,22-24H,4-9H2,1-3H3/t13?,14-,15-,16-,17+,18?/m1/s1. The fraction of sp³-hybridized carbons (Fsp3) is 0.833. The van der Waals surface area contributed by atoms with Crippen LogP contribution in [-0.2, 0) is 28.6 Å². The van der Waals surface area contributed by atoms with Gasteiger partial charge >= 0.3 is 17.9 Å². The van der Waals surface area contributed by atoms with Crippen molar-refractivity contribution < 1.29 is 43.9 Å². The number of esters is 3. The predicted molar refractivity (Wildman–Crippen MR) is 92.4 cm³/mol. The summed E-state index contributed by atoms with van der Waals surface area (Å²) >= 11 is 0. The number of ether oxygens (including phenoxy) is 3. The third-order valence-electron chi connectivity index (χ3n) is 4.19. The molecular weight excluding hydrogens is 360 g/mol. The van der Waals surface area contributed by atoms with Gasteiger partial charge in [-0.1, -0.05) is 20.8 Å². The van der Waals surface area contributed by atoms with Crippen LogP contribution in [0.5, 0.6) is 0 Å². The van der Waals surface area contributed by atoms with Gasteiger partial charge in [-0.3, -0.25) is 14.4 Å². The summed E-state index contributed by atoms with van der Waals surface area (Å²) in [4.78, 5) is 35.8. The average molecular weight is 390 g/mol. The lowest BCUT2D eigenvalue weighted by Gasteiger charge is -2.44. The van der Waals surface area contributed by atoms with Gasteiger partial charge in [-0.2, -0.15) is 0 Å². The largest absolute Gasteiger partial charge is 0.455 e. The van der Waals surface area contributed by atoms with Gasteiger partial charge in [0.25, 0.3) is 0 Å². The minimum atomic E-state index is -1.75. The molecule has 0 aromatic heterocycles. The van der Waals surface area contributed by atoms with Gasteiger partial charge < -0.3 is 29.5 Å². The zero-order valence-corrected chi connectivity index (χ0v) is 16.0. The number of aliphatic hydroxyl groups excluding tert-OH is 3. The van der Waals surface area contributed by atoms with Crippen molar-refractivity contribution in [1.82, 2.24) is 0 Å². The molecule has 0 heterocycles. The molecule has 9 heteroatoms. The van der Waals surface area contributed by atoms with Crippen molar-refractivity contribution in [1.29, 1.82) is 0 Å². The molecule has 2 unspecified atom stereocenters. The van der Waals surface area contributed by atoms with Crippen molar-refractivity contribution in [2.75, 3.05) is 0 Å². The Bertz CT molecular complexity index is 473. The quantitative estimate of drug-likeness (QED) is 0.372. The fourth-order valence-electron chi connectivity index (χ4n) is 2.82. The molecule has 6 atom stereocenters. The first kappa shape index (κ1) is 23.3. The highest BCUT2D eigenvalue weighted by molar-refractivity contribution is 5.71. The van der Waals surface area contributed by atoms with Crippen LogP contribution in [0.3, 0.4) is 0 Å². The molecule has 156 valence electrons. The Morgan fingerprint density at radius 1 is 0.593 bits per heavy atom. The summed E-state index contributed by atoms with van der Waals surface area (Å²) < 4.78 is 15.7. The first-order chi connectivity index (χ1) is 12.8. The van der Waals surface area contributed by atoms with Gasteiger partial charge in [-0.05, 0) is 19.3 Å². The number of hydrogen-bond donors (Lipinski definition) is 3. The highest BCUT2D eigenvalue weighted by Gasteiger charge is 2.55. The minimum Gasteiger partial charge on any atom is -0.455 e. The third-order valence-corrected chi connectivity index (χ3v) is 4.19. The monoisotopic (exact) mass is 390 g/mol. The Morgan fingerprint density at radius 2 is 0.889 bits per heavy atom. The van der Waals surface area contributed by atoms with E-state index in [0.29, 0.717) is 19.3 Å². The van der Waals surface area contributed by atoms with Crippen molar-refractivity contribution in [3.63, 3.8) is 0 Å². The van der Waals surface area contributed by atoms with Crippen LogP contribution in [-0.4, -0.2) is 69.9 Å². The van der Waals surface area contributed by atoms with Gasteiger partial charge in [0.05, 0.1) is 0 Å². The maximum Gasteiger partial charge on any atom is 0.306 e. The van der Waals surface area contributed by atoms with E-state index in [0.717, 1.165) is 0 Å². The van der Waals surface area contributed by atoms with Crippen molar-refractivity contribution in [3.8, 4) is 0 Å². The molecule has 0 saturated heterocycles. The Balaban J connectivity index is 3.14. The highest BCUT2D eigenvalue weighted by Crippen LogP contribution is 2.29. The summed E-state index contributed by atoms with van der Waals surface area (Å²) in [7, 11) is 0. The Labute approximate surface area is 158 Å². The summed E-state index contributed by atoms with van der Waals surface area (Å²) in [5.41, 5.74) is 0. The second kappa shape index (κ2) is 11.2. The van der Waals surface area contributed by atoms with E-state index in [1.54, 1.807) is 20.8 Å². The highest BCUT2D eigenvalue weighted by atomic mass is 16.6. The van der Waals surface area contributed by atoms with Gasteiger partial charge in [0.1, 0.15) is 18.3 Å². The van der Waals surface area contributed by atoms with Crippen molar-refractivity contribution in [2.45, 2.75) is 95.9 Å². The van der Waals surface area contributed by atoms with Gasteiger partial charge in [0.2, 0.25) is 0 Å². The van der Waals surface area contributed by atoms with E-state index in [4.69, 9.17) is 14.2 Å². The average Bonchev–Trinajstić information content (AvgIpc) is 2.60. The lowest BCUT2D eigenvalue weighted by molar-refractivity contribution is -0.248. The number of carbonyl (C=O) groups is 3. The van der Waals surface area contributed by atoms with Crippen LogP contribution < -0.4 is 0 Å². The van der Waals surface area contributed by atoms with Crippen LogP contribution in [0.15, 0.2) is 0 Å². The maximum absolute atomic E-state index is 12.0. The van der Waals surface area contributed by atoms with E-state index in [1.165, 1.54) is 0 Å². The second-order valence-corrected chi connectivity index (χ2v) is 6.59.